The van der Waals surface area contributed by atoms with Crippen molar-refractivity contribution in [2.24, 2.45) is 5.73 Å². The van der Waals surface area contributed by atoms with Gasteiger partial charge in [0, 0.05) is 6.08 Å². The lowest BCUT2D eigenvalue weighted by Crippen LogP contribution is -2.10. The van der Waals surface area contributed by atoms with Gasteiger partial charge in [0.25, 0.3) is 0 Å². The first kappa shape index (κ1) is 14.5. The number of carbonyl (C=O) groups excluding carboxylic acids is 1. The van der Waals surface area contributed by atoms with Crippen LogP contribution in [0, 0.1) is 0 Å². The Labute approximate surface area is 85.1 Å². The van der Waals surface area contributed by atoms with Gasteiger partial charge in [0.05, 0.1) is 12.3 Å². The van der Waals surface area contributed by atoms with Gasteiger partial charge in [-0.05, 0) is 5.57 Å². The minimum Gasteiger partial charge on any atom is -0.366 e. The van der Waals surface area contributed by atoms with Crippen molar-refractivity contribution >= 4 is 21.1 Å². The summed E-state index contributed by atoms with van der Waals surface area (Å²) in [4.78, 5) is 44.7. The number of carbonyl (C=O) groups is 1. The number of primary amides is 1. The Morgan fingerprint density at radius 1 is 1.07 bits per heavy atom. The van der Waals surface area contributed by atoms with Crippen molar-refractivity contribution in [2.45, 2.75) is 0 Å². The molecule has 1 amide bonds. The molecule has 0 saturated carbocycles. The summed E-state index contributed by atoms with van der Waals surface area (Å²) in [5.41, 5.74) is 4.34. The van der Waals surface area contributed by atoms with Gasteiger partial charge in [-0.15, -0.1) is 0 Å². The molecule has 0 atom stereocenters. The van der Waals surface area contributed by atoms with E-state index in [2.05, 4.69) is 0 Å². The van der Waals surface area contributed by atoms with E-state index in [4.69, 9.17) is 25.3 Å². The number of allylic oxidation sites excluding steroid dienone is 1. The molecule has 0 bridgehead atoms. The molecule has 0 radical (unpaired) electrons. The molecule has 0 heterocycles. The molecule has 0 aromatic carbocycles. The van der Waals surface area contributed by atoms with Crippen LogP contribution >= 0.6 is 15.2 Å². The molecule has 0 aliphatic rings. The Balaban J connectivity index is 4.85. The van der Waals surface area contributed by atoms with Crippen molar-refractivity contribution in [2.75, 3.05) is 12.3 Å². The zero-order valence-electron chi connectivity index (χ0n) is 7.48. The number of amides is 1. The van der Waals surface area contributed by atoms with Crippen LogP contribution in [0.25, 0.3) is 0 Å². The monoisotopic (exact) mass is 259 g/mol. The van der Waals surface area contributed by atoms with E-state index in [9.17, 15) is 13.9 Å². The number of hydrogen-bond donors (Lipinski definition) is 5. The van der Waals surface area contributed by atoms with E-state index in [-0.39, 0.29) is 5.57 Å². The first-order valence-electron chi connectivity index (χ1n) is 3.57. The second kappa shape index (κ2) is 5.03. The molecule has 88 valence electrons. The van der Waals surface area contributed by atoms with Gasteiger partial charge in [0.2, 0.25) is 5.91 Å². The van der Waals surface area contributed by atoms with Crippen molar-refractivity contribution in [3.63, 3.8) is 0 Å². The van der Waals surface area contributed by atoms with Crippen LogP contribution in [0.5, 0.6) is 0 Å². The average molecular weight is 259 g/mol. The Morgan fingerprint density at radius 3 is 1.60 bits per heavy atom. The molecular weight excluding hydrogens is 248 g/mol. The highest BCUT2D eigenvalue weighted by Gasteiger charge is 2.23. The van der Waals surface area contributed by atoms with Crippen LogP contribution in [0.4, 0.5) is 0 Å². The number of hydrogen-bond acceptors (Lipinski definition) is 3. The largest absolute Gasteiger partial charge is 0.366 e. The molecule has 0 unspecified atom stereocenters. The van der Waals surface area contributed by atoms with Gasteiger partial charge in [0.15, 0.2) is 0 Å². The van der Waals surface area contributed by atoms with E-state index >= 15 is 0 Å². The molecule has 15 heavy (non-hydrogen) atoms. The molecule has 6 N–H and O–H groups in total. The van der Waals surface area contributed by atoms with Gasteiger partial charge in [-0.1, -0.05) is 0 Å². The lowest BCUT2D eigenvalue weighted by Gasteiger charge is -2.09. The summed E-state index contributed by atoms with van der Waals surface area (Å²) in [6.07, 6.45) is -1.19. The van der Waals surface area contributed by atoms with E-state index in [1.54, 1.807) is 0 Å². The zero-order valence-corrected chi connectivity index (χ0v) is 9.27. The fourth-order valence-corrected chi connectivity index (χ4v) is 2.51. The van der Waals surface area contributed by atoms with Crippen LogP contribution in [0.1, 0.15) is 0 Å². The first-order valence-corrected chi connectivity index (χ1v) is 7.17. The molecular formula is C5H11NO7P2. The second-order valence-electron chi connectivity index (χ2n) is 2.85. The minimum absolute atomic E-state index is 0.371. The molecule has 0 aliphatic carbocycles. The smallest absolute Gasteiger partial charge is 0.329 e. The molecule has 10 heteroatoms. The third kappa shape index (κ3) is 9.81. The Morgan fingerprint density at radius 2 is 1.40 bits per heavy atom. The van der Waals surface area contributed by atoms with Crippen LogP contribution in [0.15, 0.2) is 11.6 Å². The molecule has 0 aromatic rings. The van der Waals surface area contributed by atoms with Crippen molar-refractivity contribution in [1.82, 2.24) is 0 Å². The van der Waals surface area contributed by atoms with E-state index in [1.165, 1.54) is 0 Å². The Hall–Kier alpha value is -0.490. The highest BCUT2D eigenvalue weighted by atomic mass is 31.2. The maximum Gasteiger partial charge on any atom is 0.329 e. The second-order valence-corrected chi connectivity index (χ2v) is 6.14. The van der Waals surface area contributed by atoms with Gasteiger partial charge in [-0.3, -0.25) is 13.9 Å². The highest BCUT2D eigenvalue weighted by molar-refractivity contribution is 7.53. The number of rotatable bonds is 5. The lowest BCUT2D eigenvalue weighted by atomic mass is 10.3. The first-order chi connectivity index (χ1) is 6.49. The van der Waals surface area contributed by atoms with E-state index < -0.39 is 33.4 Å². The summed E-state index contributed by atoms with van der Waals surface area (Å²) in [5.74, 6) is -1.02. The summed E-state index contributed by atoms with van der Waals surface area (Å²) < 4.78 is 21.1. The molecule has 8 nitrogen and oxygen atoms in total. The van der Waals surface area contributed by atoms with Gasteiger partial charge >= 0.3 is 15.2 Å². The topological polar surface area (TPSA) is 158 Å². The molecule has 0 rings (SSSR count). The molecule has 0 fully saturated rings. The maximum atomic E-state index is 10.6. The van der Waals surface area contributed by atoms with Gasteiger partial charge in [0.1, 0.15) is 0 Å². The zero-order chi connectivity index (χ0) is 12.3. The van der Waals surface area contributed by atoms with Crippen molar-refractivity contribution in [3.8, 4) is 0 Å². The van der Waals surface area contributed by atoms with E-state index in [0.29, 0.717) is 6.08 Å². The number of nitrogens with two attached hydrogens (primary N) is 1. The summed E-state index contributed by atoms with van der Waals surface area (Å²) in [7, 11) is -8.97. The van der Waals surface area contributed by atoms with Crippen LogP contribution in [0.3, 0.4) is 0 Å². The molecule has 0 saturated heterocycles. The van der Waals surface area contributed by atoms with Gasteiger partial charge in [-0.25, -0.2) is 0 Å². The van der Waals surface area contributed by atoms with Crippen LogP contribution in [-0.4, -0.2) is 37.8 Å². The van der Waals surface area contributed by atoms with Crippen LogP contribution in [-0.2, 0) is 13.9 Å². The Bertz CT molecular complexity index is 338. The predicted octanol–water partition coefficient (Wildman–Crippen LogP) is -1.25. The predicted molar refractivity (Wildman–Crippen MR) is 51.1 cm³/mol. The summed E-state index contributed by atoms with van der Waals surface area (Å²) in [5, 5.41) is 0. The van der Waals surface area contributed by atoms with Gasteiger partial charge in [-0.2, -0.15) is 0 Å². The van der Waals surface area contributed by atoms with Crippen molar-refractivity contribution in [3.05, 3.63) is 11.6 Å². The fraction of sp³-hybridized carbons (Fsp3) is 0.400. The molecule has 0 aromatic heterocycles. The van der Waals surface area contributed by atoms with E-state index in [1.807, 2.05) is 0 Å². The summed E-state index contributed by atoms with van der Waals surface area (Å²) >= 11 is 0. The van der Waals surface area contributed by atoms with E-state index in [0.717, 1.165) is 0 Å². The Kier molecular flexibility index (Phi) is 4.86. The molecule has 0 aliphatic heterocycles. The van der Waals surface area contributed by atoms with Crippen LogP contribution < -0.4 is 5.73 Å². The SMILES string of the molecule is NC(=O)C=C(CP(=O)(O)O)CP(=O)(O)O. The quantitative estimate of drug-likeness (QED) is 0.305. The maximum absolute atomic E-state index is 10.6. The fourth-order valence-electron chi connectivity index (χ4n) is 0.872. The van der Waals surface area contributed by atoms with Crippen molar-refractivity contribution in [1.29, 1.82) is 0 Å². The average Bonchev–Trinajstić information content (AvgIpc) is 1.73. The summed E-state index contributed by atoms with van der Waals surface area (Å²) in [6, 6.07) is 0. The third-order valence-corrected chi connectivity index (χ3v) is 2.80. The molecule has 0 spiro atoms. The highest BCUT2D eigenvalue weighted by Crippen LogP contribution is 2.42. The normalized spacial score (nSPS) is 12.3. The minimum atomic E-state index is -4.48. The van der Waals surface area contributed by atoms with Crippen LogP contribution in [0.2, 0.25) is 0 Å². The third-order valence-electron chi connectivity index (χ3n) is 1.16. The van der Waals surface area contributed by atoms with Gasteiger partial charge < -0.3 is 25.3 Å². The lowest BCUT2D eigenvalue weighted by molar-refractivity contribution is -0.113. The van der Waals surface area contributed by atoms with Crippen molar-refractivity contribution < 1.29 is 33.5 Å². The summed E-state index contributed by atoms with van der Waals surface area (Å²) in [6.45, 7) is 0. The standard InChI is InChI=1S/C5H11NO7P2/c6-5(7)1-4(2-14(8,9)10)3-15(11,12)13/h1H,2-3H2,(H2,6,7)(H2,8,9,10)(H2,11,12,13).